The lowest BCUT2D eigenvalue weighted by atomic mass is 9.87. The third kappa shape index (κ3) is 2.96. The number of ether oxygens (including phenoxy) is 2. The minimum Gasteiger partial charge on any atom is -0.493 e. The second kappa shape index (κ2) is 6.72. The van der Waals surface area contributed by atoms with Gasteiger partial charge in [-0.3, -0.25) is 14.4 Å². The van der Waals surface area contributed by atoms with E-state index >= 15 is 0 Å². The lowest BCUT2D eigenvalue weighted by molar-refractivity contribution is -0.378. The predicted molar refractivity (Wildman–Crippen MR) is 86.3 cm³/mol. The Labute approximate surface area is 144 Å². The van der Waals surface area contributed by atoms with E-state index in [1.807, 2.05) is 0 Å². The molecule has 1 aromatic carbocycles. The van der Waals surface area contributed by atoms with Gasteiger partial charge in [0.25, 0.3) is 5.91 Å². The van der Waals surface area contributed by atoms with Crippen molar-refractivity contribution in [3.05, 3.63) is 53.9 Å². The van der Waals surface area contributed by atoms with Gasteiger partial charge in [0, 0.05) is 17.2 Å². The zero-order valence-corrected chi connectivity index (χ0v) is 13.7. The summed E-state index contributed by atoms with van der Waals surface area (Å²) >= 11 is 0. The average molecular weight is 341 g/mol. The molecule has 2 N–H and O–H groups in total. The molecule has 128 valence electrons. The van der Waals surface area contributed by atoms with Crippen LogP contribution < -0.4 is 19.8 Å². The minimum atomic E-state index is -1.12. The Hall–Kier alpha value is -3.22. The van der Waals surface area contributed by atoms with Crippen LogP contribution >= 0.6 is 0 Å². The lowest BCUT2D eigenvalue weighted by Gasteiger charge is -2.16. The number of hydrogen-bond acceptors (Lipinski definition) is 5. The maximum atomic E-state index is 12.9. The molecule has 2 aromatic rings. The van der Waals surface area contributed by atoms with Gasteiger partial charge in [0.15, 0.2) is 29.7 Å². The van der Waals surface area contributed by atoms with Crippen molar-refractivity contribution in [2.75, 3.05) is 14.2 Å². The van der Waals surface area contributed by atoms with E-state index in [1.165, 1.54) is 20.3 Å². The first kappa shape index (κ1) is 16.6. The maximum absolute atomic E-state index is 12.9. The fourth-order valence-electron chi connectivity index (χ4n) is 2.90. The summed E-state index contributed by atoms with van der Waals surface area (Å²) in [5.41, 5.74) is 0.929. The Morgan fingerprint density at radius 2 is 1.88 bits per heavy atom. The van der Waals surface area contributed by atoms with Crippen LogP contribution in [-0.4, -0.2) is 31.7 Å². The van der Waals surface area contributed by atoms with Gasteiger partial charge in [-0.25, -0.2) is 4.98 Å². The summed E-state index contributed by atoms with van der Waals surface area (Å²) < 4.78 is 10.4. The maximum Gasteiger partial charge on any atom is 0.288 e. The molecule has 2 heterocycles. The zero-order valence-electron chi connectivity index (χ0n) is 13.7. The molecule has 0 bridgehead atoms. The number of nitrogens with one attached hydrogen (secondary N) is 2. The summed E-state index contributed by atoms with van der Waals surface area (Å²) in [4.78, 5) is 40.0. The molecule has 1 saturated heterocycles. The van der Waals surface area contributed by atoms with Crippen LogP contribution in [0.4, 0.5) is 0 Å². The normalized spacial score (nSPS) is 19.4. The Bertz CT molecular complexity index is 835. The van der Waals surface area contributed by atoms with Crippen molar-refractivity contribution in [2.24, 2.45) is 5.92 Å². The summed E-state index contributed by atoms with van der Waals surface area (Å²) in [7, 11) is 2.95. The second-order valence-electron chi connectivity index (χ2n) is 5.56. The van der Waals surface area contributed by atoms with Gasteiger partial charge in [-0.15, -0.1) is 0 Å². The van der Waals surface area contributed by atoms with Crippen molar-refractivity contribution < 1.29 is 28.8 Å². The van der Waals surface area contributed by atoms with E-state index in [2.05, 4.69) is 10.3 Å². The number of aromatic nitrogens is 1. The van der Waals surface area contributed by atoms with Crippen molar-refractivity contribution in [1.29, 1.82) is 0 Å². The van der Waals surface area contributed by atoms with Crippen LogP contribution in [0.2, 0.25) is 0 Å². The summed E-state index contributed by atoms with van der Waals surface area (Å²) in [6.45, 7) is 0. The standard InChI is InChI=1S/C18H16N2O5/c1-24-12-6-5-10(8-13(12)25-2)16(21)14-15(20-18(23)17(14)22)11-4-3-7-19-9-11/h3-9,14-15H,1-2H3,(H,20,23)/p+1. The molecule has 1 aliphatic heterocycles. The Morgan fingerprint density at radius 3 is 2.52 bits per heavy atom. The number of rotatable bonds is 5. The number of H-pyrrole nitrogens is 1. The molecule has 1 amide bonds. The van der Waals surface area contributed by atoms with Crippen LogP contribution in [-0.2, 0) is 9.59 Å². The van der Waals surface area contributed by atoms with Gasteiger partial charge in [0.1, 0.15) is 5.92 Å². The SMILES string of the molecule is COc1ccc(C(=O)C2C(=O)C(=O)NC2c2ccc[nH+]c2)cc1OC. The third-order valence-corrected chi connectivity index (χ3v) is 4.17. The first-order chi connectivity index (χ1) is 12.1. The highest BCUT2D eigenvalue weighted by molar-refractivity contribution is 6.44. The van der Waals surface area contributed by atoms with Crippen molar-refractivity contribution in [1.82, 2.24) is 5.32 Å². The van der Waals surface area contributed by atoms with E-state index in [-0.39, 0.29) is 5.56 Å². The molecule has 3 rings (SSSR count). The number of hydrogen-bond donors (Lipinski definition) is 1. The zero-order chi connectivity index (χ0) is 18.0. The number of amides is 1. The minimum absolute atomic E-state index is 0.275. The van der Waals surface area contributed by atoms with Gasteiger partial charge in [0.05, 0.1) is 20.3 Å². The molecule has 1 fully saturated rings. The molecule has 2 atom stereocenters. The fraction of sp³-hybridized carbons (Fsp3) is 0.222. The van der Waals surface area contributed by atoms with Crippen LogP contribution in [0.25, 0.3) is 0 Å². The molecule has 0 spiro atoms. The Morgan fingerprint density at radius 1 is 1.12 bits per heavy atom. The number of carbonyl (C=O) groups is 3. The number of ketones is 2. The van der Waals surface area contributed by atoms with Crippen molar-refractivity contribution in [3.8, 4) is 11.5 Å². The van der Waals surface area contributed by atoms with E-state index in [1.54, 1.807) is 36.7 Å². The summed E-state index contributed by atoms with van der Waals surface area (Å²) in [6, 6.07) is 7.42. The summed E-state index contributed by atoms with van der Waals surface area (Å²) in [5, 5.41) is 2.59. The number of aromatic amines is 1. The average Bonchev–Trinajstić information content (AvgIpc) is 2.96. The molecular weight excluding hydrogens is 324 g/mol. The quantitative estimate of drug-likeness (QED) is 0.492. The fourth-order valence-corrected chi connectivity index (χ4v) is 2.90. The van der Waals surface area contributed by atoms with Crippen LogP contribution in [0, 0.1) is 5.92 Å². The number of benzene rings is 1. The number of Topliss-reactive ketones (excluding diaryl/α,β-unsaturated/α-hetero) is 2. The lowest BCUT2D eigenvalue weighted by Crippen LogP contribution is -2.27. The van der Waals surface area contributed by atoms with Crippen LogP contribution in [0.3, 0.4) is 0 Å². The van der Waals surface area contributed by atoms with E-state index in [4.69, 9.17) is 9.47 Å². The van der Waals surface area contributed by atoms with Gasteiger partial charge in [-0.2, -0.15) is 0 Å². The Kier molecular flexibility index (Phi) is 4.47. The Balaban J connectivity index is 1.99. The van der Waals surface area contributed by atoms with Crippen LogP contribution in [0.5, 0.6) is 11.5 Å². The van der Waals surface area contributed by atoms with Crippen LogP contribution in [0.15, 0.2) is 42.7 Å². The molecule has 25 heavy (non-hydrogen) atoms. The first-order valence-electron chi connectivity index (χ1n) is 7.63. The molecule has 0 saturated carbocycles. The van der Waals surface area contributed by atoms with E-state index in [0.717, 1.165) is 0 Å². The number of carbonyl (C=O) groups excluding carboxylic acids is 3. The second-order valence-corrected chi connectivity index (χ2v) is 5.56. The number of methoxy groups -OCH3 is 2. The van der Waals surface area contributed by atoms with E-state index in [9.17, 15) is 14.4 Å². The molecular formula is C18H17N2O5+. The van der Waals surface area contributed by atoms with Gasteiger partial charge in [-0.05, 0) is 24.3 Å². The van der Waals surface area contributed by atoms with Gasteiger partial charge in [0.2, 0.25) is 5.78 Å². The van der Waals surface area contributed by atoms with Gasteiger partial charge >= 0.3 is 0 Å². The third-order valence-electron chi connectivity index (χ3n) is 4.17. The molecule has 1 aromatic heterocycles. The smallest absolute Gasteiger partial charge is 0.288 e. The van der Waals surface area contributed by atoms with E-state index < -0.39 is 29.4 Å². The largest absolute Gasteiger partial charge is 0.493 e. The summed E-state index contributed by atoms with van der Waals surface area (Å²) in [5.74, 6) is -2.22. The first-order valence-corrected chi connectivity index (χ1v) is 7.63. The molecule has 0 radical (unpaired) electrons. The van der Waals surface area contributed by atoms with Gasteiger partial charge < -0.3 is 14.8 Å². The highest BCUT2D eigenvalue weighted by Crippen LogP contribution is 2.33. The molecule has 7 nitrogen and oxygen atoms in total. The van der Waals surface area contributed by atoms with Crippen molar-refractivity contribution >= 4 is 17.5 Å². The highest BCUT2D eigenvalue weighted by Gasteiger charge is 2.47. The topological polar surface area (TPSA) is 95.8 Å². The molecule has 1 aliphatic rings. The van der Waals surface area contributed by atoms with Crippen LogP contribution in [0.1, 0.15) is 22.0 Å². The van der Waals surface area contributed by atoms with Gasteiger partial charge in [-0.1, -0.05) is 0 Å². The van der Waals surface area contributed by atoms with Crippen molar-refractivity contribution in [3.63, 3.8) is 0 Å². The van der Waals surface area contributed by atoms with Crippen molar-refractivity contribution in [2.45, 2.75) is 6.04 Å². The highest BCUT2D eigenvalue weighted by atomic mass is 16.5. The van der Waals surface area contributed by atoms with E-state index in [0.29, 0.717) is 17.1 Å². The molecule has 7 heteroatoms. The summed E-state index contributed by atoms with van der Waals surface area (Å²) in [6.07, 6.45) is 3.35. The molecule has 2 unspecified atom stereocenters. The predicted octanol–water partition coefficient (Wildman–Crippen LogP) is 0.757. The molecule has 0 aliphatic carbocycles. The monoisotopic (exact) mass is 341 g/mol. The number of pyridine rings is 1.